The number of aliphatic hydroxyl groups is 1. The first-order chi connectivity index (χ1) is 14.0. The van der Waals surface area contributed by atoms with E-state index in [2.05, 4.69) is 21.5 Å². The van der Waals surface area contributed by atoms with Crippen LogP contribution >= 0.6 is 0 Å². The number of benzene rings is 1. The summed E-state index contributed by atoms with van der Waals surface area (Å²) in [6.45, 7) is 0.715. The highest BCUT2D eigenvalue weighted by molar-refractivity contribution is 6.00. The number of hydrogen-bond acceptors (Lipinski definition) is 9. The summed E-state index contributed by atoms with van der Waals surface area (Å²) < 4.78 is 10.9. The molecule has 0 bridgehead atoms. The Labute approximate surface area is 166 Å². The van der Waals surface area contributed by atoms with Crippen LogP contribution in [0.15, 0.2) is 24.3 Å². The molecule has 0 unspecified atom stereocenters. The van der Waals surface area contributed by atoms with Crippen molar-refractivity contribution in [1.29, 1.82) is 5.26 Å². The average molecular weight is 397 g/mol. The summed E-state index contributed by atoms with van der Waals surface area (Å²) in [4.78, 5) is 26.2. The van der Waals surface area contributed by atoms with Crippen LogP contribution in [0.25, 0.3) is 11.4 Å². The molecule has 1 aliphatic carbocycles. The average Bonchev–Trinajstić information content (AvgIpc) is 3.41. The fourth-order valence-electron chi connectivity index (χ4n) is 2.63. The molecule has 2 aliphatic rings. The van der Waals surface area contributed by atoms with Gasteiger partial charge in [-0.3, -0.25) is 9.63 Å². The SMILES string of the molecule is N#Cc1cccc(-c2nc(N)c(C(=O)NOCC3(O)CC3)c(OC3COC3)n2)c1. The van der Waals surface area contributed by atoms with E-state index in [1.165, 1.54) is 0 Å². The highest BCUT2D eigenvalue weighted by Gasteiger charge is 2.41. The molecule has 1 aliphatic heterocycles. The molecule has 2 aromatic rings. The highest BCUT2D eigenvalue weighted by atomic mass is 16.7. The van der Waals surface area contributed by atoms with Gasteiger partial charge >= 0.3 is 0 Å². The number of nitriles is 1. The molecule has 0 atom stereocenters. The van der Waals surface area contributed by atoms with Crippen LogP contribution in [0.1, 0.15) is 28.8 Å². The Morgan fingerprint density at radius 1 is 1.41 bits per heavy atom. The molecule has 1 amide bonds. The van der Waals surface area contributed by atoms with Crippen molar-refractivity contribution in [3.63, 3.8) is 0 Å². The summed E-state index contributed by atoms with van der Waals surface area (Å²) in [6.07, 6.45) is 0.989. The van der Waals surface area contributed by atoms with Crippen LogP contribution in [-0.2, 0) is 9.57 Å². The van der Waals surface area contributed by atoms with Gasteiger partial charge in [0.05, 0.1) is 30.4 Å². The van der Waals surface area contributed by atoms with E-state index in [9.17, 15) is 9.90 Å². The quantitative estimate of drug-likeness (QED) is 0.569. The smallest absolute Gasteiger partial charge is 0.284 e. The van der Waals surface area contributed by atoms with Crippen molar-refractivity contribution in [2.75, 3.05) is 25.6 Å². The summed E-state index contributed by atoms with van der Waals surface area (Å²) in [5, 5.41) is 18.9. The molecule has 10 heteroatoms. The van der Waals surface area contributed by atoms with Gasteiger partial charge in [0.2, 0.25) is 5.88 Å². The number of nitrogens with zero attached hydrogens (tertiary/aromatic N) is 3. The first kappa shape index (κ1) is 19.1. The van der Waals surface area contributed by atoms with Crippen molar-refractivity contribution in [2.45, 2.75) is 24.5 Å². The topological polar surface area (TPSA) is 153 Å². The van der Waals surface area contributed by atoms with Crippen molar-refractivity contribution in [2.24, 2.45) is 0 Å². The Hall–Kier alpha value is -3.26. The maximum Gasteiger partial charge on any atom is 0.284 e. The maximum absolute atomic E-state index is 12.6. The molecule has 4 N–H and O–H groups in total. The van der Waals surface area contributed by atoms with Gasteiger partial charge < -0.3 is 20.3 Å². The number of nitrogens with one attached hydrogen (secondary N) is 1. The molecule has 1 aromatic carbocycles. The standard InChI is InChI=1S/C19H19N5O5/c20-7-11-2-1-3-12(6-11)16-22-15(21)14(18(23-16)29-13-8-27-9-13)17(25)24-28-10-19(26)4-5-19/h1-3,6,13,26H,4-5,8-10H2,(H,24,25)(H2,21,22,23). The van der Waals surface area contributed by atoms with Gasteiger partial charge in [-0.05, 0) is 25.0 Å². The molecule has 10 nitrogen and oxygen atoms in total. The number of nitrogen functional groups attached to an aromatic ring is 1. The molecular formula is C19H19N5O5. The largest absolute Gasteiger partial charge is 0.469 e. The molecule has 0 radical (unpaired) electrons. The summed E-state index contributed by atoms with van der Waals surface area (Å²) >= 11 is 0. The number of carbonyl (C=O) groups is 1. The lowest BCUT2D eigenvalue weighted by molar-refractivity contribution is -0.0816. The maximum atomic E-state index is 12.6. The van der Waals surface area contributed by atoms with Crippen LogP contribution in [0.4, 0.5) is 5.82 Å². The number of hydroxylamine groups is 1. The van der Waals surface area contributed by atoms with Crippen LogP contribution < -0.4 is 16.0 Å². The number of ether oxygens (including phenoxy) is 2. The van der Waals surface area contributed by atoms with Crippen LogP contribution in [-0.4, -0.2) is 52.5 Å². The van der Waals surface area contributed by atoms with Crippen molar-refractivity contribution in [1.82, 2.24) is 15.4 Å². The van der Waals surface area contributed by atoms with Crippen LogP contribution in [0.5, 0.6) is 5.88 Å². The molecule has 2 heterocycles. The molecule has 29 heavy (non-hydrogen) atoms. The van der Waals surface area contributed by atoms with Gasteiger partial charge in [0.15, 0.2) is 5.82 Å². The van der Waals surface area contributed by atoms with Crippen LogP contribution in [0, 0.1) is 11.3 Å². The zero-order chi connectivity index (χ0) is 20.4. The number of amides is 1. The second-order valence-corrected chi connectivity index (χ2v) is 7.03. The molecule has 150 valence electrons. The van der Waals surface area contributed by atoms with Gasteiger partial charge in [0.25, 0.3) is 5.91 Å². The third-order valence-electron chi connectivity index (χ3n) is 4.60. The van der Waals surface area contributed by atoms with Gasteiger partial charge in [-0.15, -0.1) is 0 Å². The summed E-state index contributed by atoms with van der Waals surface area (Å²) in [7, 11) is 0. The first-order valence-corrected chi connectivity index (χ1v) is 9.04. The Bertz CT molecular complexity index is 981. The predicted molar refractivity (Wildman–Crippen MR) is 99.4 cm³/mol. The van der Waals surface area contributed by atoms with E-state index in [-0.39, 0.29) is 35.8 Å². The van der Waals surface area contributed by atoms with Crippen molar-refractivity contribution >= 4 is 11.7 Å². The summed E-state index contributed by atoms with van der Waals surface area (Å²) in [6, 6.07) is 8.75. The Morgan fingerprint density at radius 2 is 2.21 bits per heavy atom. The zero-order valence-corrected chi connectivity index (χ0v) is 15.4. The number of anilines is 1. The zero-order valence-electron chi connectivity index (χ0n) is 15.4. The number of nitrogens with two attached hydrogens (primary N) is 1. The lowest BCUT2D eigenvalue weighted by Gasteiger charge is -2.27. The second kappa shape index (κ2) is 7.63. The van der Waals surface area contributed by atoms with Crippen molar-refractivity contribution in [3.05, 3.63) is 35.4 Å². The Balaban J connectivity index is 1.62. The third-order valence-corrected chi connectivity index (χ3v) is 4.60. The van der Waals surface area contributed by atoms with E-state index in [1.807, 2.05) is 0 Å². The van der Waals surface area contributed by atoms with Crippen LogP contribution in [0.3, 0.4) is 0 Å². The predicted octanol–water partition coefficient (Wildman–Crippen LogP) is 0.561. The summed E-state index contributed by atoms with van der Waals surface area (Å²) in [5.41, 5.74) is 8.34. The van der Waals surface area contributed by atoms with Gasteiger partial charge in [0, 0.05) is 5.56 Å². The third kappa shape index (κ3) is 4.27. The van der Waals surface area contributed by atoms with Gasteiger partial charge in [0.1, 0.15) is 24.1 Å². The van der Waals surface area contributed by atoms with Crippen LogP contribution in [0.2, 0.25) is 0 Å². The minimum atomic E-state index is -0.881. The molecule has 1 aromatic heterocycles. The van der Waals surface area contributed by atoms with E-state index in [0.717, 1.165) is 0 Å². The Morgan fingerprint density at radius 3 is 2.86 bits per heavy atom. The number of hydrogen-bond donors (Lipinski definition) is 3. The lowest BCUT2D eigenvalue weighted by atomic mass is 10.1. The summed E-state index contributed by atoms with van der Waals surface area (Å²) in [5.74, 6) is -0.563. The minimum absolute atomic E-state index is 0.00519. The molecule has 0 spiro atoms. The van der Waals surface area contributed by atoms with Gasteiger partial charge in [-0.2, -0.15) is 10.2 Å². The Kier molecular flexibility index (Phi) is 5.02. The van der Waals surface area contributed by atoms with Crippen molar-refractivity contribution < 1.29 is 24.2 Å². The molecular weight excluding hydrogens is 378 g/mol. The molecule has 4 rings (SSSR count). The normalized spacial score (nSPS) is 17.1. The van der Waals surface area contributed by atoms with E-state index < -0.39 is 11.5 Å². The molecule has 2 fully saturated rings. The fourth-order valence-corrected chi connectivity index (χ4v) is 2.63. The number of aromatic nitrogens is 2. The van der Waals surface area contributed by atoms with E-state index >= 15 is 0 Å². The number of rotatable bonds is 7. The molecule has 1 saturated carbocycles. The van der Waals surface area contributed by atoms with Gasteiger partial charge in [-0.25, -0.2) is 10.5 Å². The highest BCUT2D eigenvalue weighted by Crippen LogP contribution is 2.35. The van der Waals surface area contributed by atoms with Crippen molar-refractivity contribution in [3.8, 4) is 23.3 Å². The van der Waals surface area contributed by atoms with E-state index in [0.29, 0.717) is 37.2 Å². The van der Waals surface area contributed by atoms with Gasteiger partial charge in [-0.1, -0.05) is 12.1 Å². The fraction of sp³-hybridized carbons (Fsp3) is 0.368. The number of carbonyl (C=O) groups excluding carboxylic acids is 1. The molecule has 1 saturated heterocycles. The van der Waals surface area contributed by atoms with E-state index in [4.69, 9.17) is 25.3 Å². The lowest BCUT2D eigenvalue weighted by Crippen LogP contribution is -2.39. The van der Waals surface area contributed by atoms with E-state index in [1.54, 1.807) is 24.3 Å². The monoisotopic (exact) mass is 397 g/mol. The first-order valence-electron chi connectivity index (χ1n) is 9.04. The second-order valence-electron chi connectivity index (χ2n) is 7.03. The minimum Gasteiger partial charge on any atom is -0.469 e.